The zero-order valence-electron chi connectivity index (χ0n) is 17.4. The summed E-state index contributed by atoms with van der Waals surface area (Å²) in [7, 11) is 1.88. The molecule has 0 saturated carbocycles. The van der Waals surface area contributed by atoms with Gasteiger partial charge in [-0.2, -0.15) is 5.10 Å². The number of aromatic nitrogens is 5. The van der Waals surface area contributed by atoms with E-state index in [0.29, 0.717) is 23.0 Å². The van der Waals surface area contributed by atoms with E-state index in [1.54, 1.807) is 30.6 Å². The molecule has 0 aliphatic heterocycles. The van der Waals surface area contributed by atoms with E-state index in [9.17, 15) is 9.59 Å². The largest absolute Gasteiger partial charge is 0.321 e. The molecular weight excluding hydrogens is 412 g/mol. The molecule has 2 heterocycles. The minimum absolute atomic E-state index is 0.189. The minimum atomic E-state index is -0.359. The van der Waals surface area contributed by atoms with Gasteiger partial charge in [0, 0.05) is 29.6 Å². The van der Waals surface area contributed by atoms with Gasteiger partial charge in [-0.15, -0.1) is 10.2 Å². The third-order valence-electron chi connectivity index (χ3n) is 4.61. The van der Waals surface area contributed by atoms with Crippen molar-refractivity contribution in [2.24, 2.45) is 13.0 Å². The van der Waals surface area contributed by atoms with Gasteiger partial charge in [-0.3, -0.25) is 9.59 Å². The third kappa shape index (κ3) is 4.51. The second-order valence-corrected chi connectivity index (χ2v) is 8.62. The van der Waals surface area contributed by atoms with Crippen molar-refractivity contribution in [3.63, 3.8) is 0 Å². The highest BCUT2D eigenvalue weighted by atomic mass is 32.2. The first-order chi connectivity index (χ1) is 14.9. The Morgan fingerprint density at radius 3 is 2.45 bits per heavy atom. The Morgan fingerprint density at radius 1 is 1.10 bits per heavy atom. The van der Waals surface area contributed by atoms with Crippen molar-refractivity contribution in [2.45, 2.75) is 30.4 Å². The molecule has 9 heteroatoms. The van der Waals surface area contributed by atoms with Crippen molar-refractivity contribution in [1.29, 1.82) is 0 Å². The van der Waals surface area contributed by atoms with Crippen LogP contribution in [0.15, 0.2) is 69.7 Å². The molecule has 1 N–H and O–H groups in total. The fraction of sp³-hybridized carbons (Fsp3) is 0.227. The van der Waals surface area contributed by atoms with E-state index in [4.69, 9.17) is 0 Å². The van der Waals surface area contributed by atoms with Crippen LogP contribution in [0, 0.1) is 5.92 Å². The van der Waals surface area contributed by atoms with Gasteiger partial charge in [-0.05, 0) is 48.0 Å². The fourth-order valence-corrected chi connectivity index (χ4v) is 3.90. The van der Waals surface area contributed by atoms with Crippen molar-refractivity contribution in [3.8, 4) is 0 Å². The second kappa shape index (κ2) is 8.73. The van der Waals surface area contributed by atoms with Gasteiger partial charge in [0.15, 0.2) is 10.9 Å². The van der Waals surface area contributed by atoms with Crippen LogP contribution in [-0.2, 0) is 13.6 Å². The number of hydrogen-bond donors (Lipinski definition) is 1. The normalized spacial score (nSPS) is 11.2. The van der Waals surface area contributed by atoms with E-state index in [2.05, 4.69) is 20.6 Å². The first kappa shape index (κ1) is 20.8. The number of fused-ring (bicyclic) bond motifs is 1. The van der Waals surface area contributed by atoms with Crippen LogP contribution in [0.4, 0.5) is 5.69 Å². The zero-order chi connectivity index (χ0) is 22.0. The maximum atomic E-state index is 13.0. The summed E-state index contributed by atoms with van der Waals surface area (Å²) in [5, 5.41) is 17.0. The Bertz CT molecular complexity index is 1290. The number of benzene rings is 2. The number of nitrogens with one attached hydrogen (secondary N) is 1. The van der Waals surface area contributed by atoms with E-state index in [-0.39, 0.29) is 23.1 Å². The summed E-state index contributed by atoms with van der Waals surface area (Å²) in [6.45, 7) is 4.45. The fourth-order valence-electron chi connectivity index (χ4n) is 3.14. The molecule has 0 aliphatic carbocycles. The number of rotatable bonds is 6. The molecule has 0 unspecified atom stereocenters. The number of aryl methyl sites for hydroxylation is 1. The molecule has 158 valence electrons. The molecule has 2 aromatic carbocycles. The molecule has 0 fully saturated rings. The molecule has 0 radical (unpaired) electrons. The Kier molecular flexibility index (Phi) is 5.85. The molecule has 0 saturated heterocycles. The van der Waals surface area contributed by atoms with Crippen LogP contribution in [0.5, 0.6) is 0 Å². The number of carbonyl (C=O) groups excluding carboxylic acids is 1. The van der Waals surface area contributed by atoms with Crippen molar-refractivity contribution in [2.75, 3.05) is 5.32 Å². The van der Waals surface area contributed by atoms with Gasteiger partial charge in [-0.1, -0.05) is 32.0 Å². The van der Waals surface area contributed by atoms with Crippen molar-refractivity contribution in [1.82, 2.24) is 24.5 Å². The monoisotopic (exact) mass is 434 g/mol. The van der Waals surface area contributed by atoms with Gasteiger partial charge in [0.25, 0.3) is 11.5 Å². The number of nitrogens with zero attached hydrogens (tertiary/aromatic N) is 5. The molecule has 0 bridgehead atoms. The maximum absolute atomic E-state index is 13.0. The van der Waals surface area contributed by atoms with Crippen LogP contribution in [0.2, 0.25) is 0 Å². The second-order valence-electron chi connectivity index (χ2n) is 7.58. The van der Waals surface area contributed by atoms with Gasteiger partial charge < -0.3 is 9.88 Å². The lowest BCUT2D eigenvalue weighted by molar-refractivity contribution is 0.102. The summed E-state index contributed by atoms with van der Waals surface area (Å²) in [5.74, 6) is -0.136. The van der Waals surface area contributed by atoms with Crippen LogP contribution >= 0.6 is 11.8 Å². The highest BCUT2D eigenvalue weighted by Crippen LogP contribution is 2.26. The van der Waals surface area contributed by atoms with E-state index < -0.39 is 0 Å². The predicted octanol–water partition coefficient (Wildman–Crippen LogP) is 3.58. The topological polar surface area (TPSA) is 94.7 Å². The van der Waals surface area contributed by atoms with Crippen LogP contribution in [-0.4, -0.2) is 30.5 Å². The summed E-state index contributed by atoms with van der Waals surface area (Å²) in [6.07, 6.45) is 1.65. The minimum Gasteiger partial charge on any atom is -0.321 e. The average molecular weight is 435 g/mol. The van der Waals surface area contributed by atoms with E-state index in [1.807, 2.05) is 49.7 Å². The van der Waals surface area contributed by atoms with Gasteiger partial charge in [-0.25, -0.2) is 4.68 Å². The quantitative estimate of drug-likeness (QED) is 0.498. The maximum Gasteiger partial charge on any atom is 0.276 e. The van der Waals surface area contributed by atoms with Gasteiger partial charge in [0.1, 0.15) is 6.33 Å². The number of anilines is 1. The van der Waals surface area contributed by atoms with Crippen LogP contribution < -0.4 is 10.9 Å². The van der Waals surface area contributed by atoms with Crippen molar-refractivity contribution < 1.29 is 4.79 Å². The van der Waals surface area contributed by atoms with E-state index in [1.165, 1.54) is 16.4 Å². The molecule has 8 nitrogen and oxygen atoms in total. The van der Waals surface area contributed by atoms with E-state index in [0.717, 1.165) is 10.1 Å². The summed E-state index contributed by atoms with van der Waals surface area (Å²) >= 11 is 1.48. The zero-order valence-corrected chi connectivity index (χ0v) is 18.3. The Balaban J connectivity index is 1.60. The van der Waals surface area contributed by atoms with Gasteiger partial charge in [0.05, 0.1) is 5.39 Å². The molecule has 4 aromatic rings. The molecule has 0 spiro atoms. The Hall–Kier alpha value is -3.46. The molecule has 4 rings (SSSR count). The summed E-state index contributed by atoms with van der Waals surface area (Å²) in [6, 6.07) is 14.5. The third-order valence-corrected chi connectivity index (χ3v) is 5.67. The van der Waals surface area contributed by atoms with Gasteiger partial charge >= 0.3 is 0 Å². The molecule has 31 heavy (non-hydrogen) atoms. The van der Waals surface area contributed by atoms with E-state index >= 15 is 0 Å². The smallest absolute Gasteiger partial charge is 0.276 e. The highest BCUT2D eigenvalue weighted by Gasteiger charge is 2.17. The standard InChI is InChI=1S/C22H22N6O2S/c1-14(2)12-28-21(30)18-7-5-4-6-17(18)19(26-28)20(29)24-15-8-10-16(11-9-15)31-22-25-23-13-27(22)3/h4-11,13-14H,12H2,1-3H3,(H,24,29). The molecule has 0 aliphatic rings. The number of amides is 1. The van der Waals surface area contributed by atoms with Crippen LogP contribution in [0.1, 0.15) is 24.3 Å². The van der Waals surface area contributed by atoms with Gasteiger partial charge in [0.2, 0.25) is 0 Å². The molecule has 1 amide bonds. The lowest BCUT2D eigenvalue weighted by Gasteiger charge is -2.13. The summed E-state index contributed by atoms with van der Waals surface area (Å²) < 4.78 is 3.21. The van der Waals surface area contributed by atoms with Crippen molar-refractivity contribution in [3.05, 3.63) is 70.9 Å². The lowest BCUT2D eigenvalue weighted by atomic mass is 10.1. The van der Waals surface area contributed by atoms with Crippen molar-refractivity contribution >= 4 is 34.1 Å². The summed E-state index contributed by atoms with van der Waals surface area (Å²) in [4.78, 5) is 26.8. The number of hydrogen-bond acceptors (Lipinski definition) is 6. The molecular formula is C22H22N6O2S. The first-order valence-corrected chi connectivity index (χ1v) is 10.7. The number of carbonyl (C=O) groups is 1. The summed E-state index contributed by atoms with van der Waals surface area (Å²) in [5.41, 5.74) is 0.680. The Labute approximate surface area is 183 Å². The predicted molar refractivity (Wildman–Crippen MR) is 120 cm³/mol. The average Bonchev–Trinajstić information content (AvgIpc) is 3.15. The van der Waals surface area contributed by atoms with Crippen LogP contribution in [0.25, 0.3) is 10.8 Å². The SMILES string of the molecule is CC(C)Cn1nc(C(=O)Nc2ccc(Sc3nncn3C)cc2)c2ccccc2c1=O. The Morgan fingerprint density at radius 2 is 1.81 bits per heavy atom. The first-order valence-electron chi connectivity index (χ1n) is 9.85. The molecule has 0 atom stereocenters. The highest BCUT2D eigenvalue weighted by molar-refractivity contribution is 7.99. The molecule has 2 aromatic heterocycles. The van der Waals surface area contributed by atoms with Crippen LogP contribution in [0.3, 0.4) is 0 Å². The lowest BCUT2D eigenvalue weighted by Crippen LogP contribution is -2.29.